The van der Waals surface area contributed by atoms with Crippen LogP contribution < -0.4 is 0 Å². The zero-order valence-electron chi connectivity index (χ0n) is 13.0. The summed E-state index contributed by atoms with van der Waals surface area (Å²) in [5.74, 6) is 4.51. The van der Waals surface area contributed by atoms with Crippen molar-refractivity contribution < 1.29 is 5.11 Å². The number of benzene rings is 1. The molecule has 0 spiro atoms. The molecule has 1 aromatic rings. The maximum absolute atomic E-state index is 9.06. The van der Waals surface area contributed by atoms with Crippen LogP contribution in [-0.2, 0) is 13.0 Å². The minimum absolute atomic E-state index is 0.117. The van der Waals surface area contributed by atoms with E-state index in [1.165, 1.54) is 17.7 Å². The minimum atomic E-state index is -0.724. The first-order valence-corrected chi connectivity index (χ1v) is 9.76. The van der Waals surface area contributed by atoms with Gasteiger partial charge in [0.15, 0.2) is 0 Å². The summed E-state index contributed by atoms with van der Waals surface area (Å²) in [6.45, 7) is 11.9. The Hall–Kier alpha value is -1.25. The fourth-order valence-electron chi connectivity index (χ4n) is 2.60. The van der Waals surface area contributed by atoms with E-state index in [1.54, 1.807) is 0 Å². The van der Waals surface area contributed by atoms with Crippen molar-refractivity contribution in [3.8, 4) is 0 Å². The number of hydrogen-bond donors (Lipinski definition) is 1. The highest BCUT2D eigenvalue weighted by atomic mass is 32.3. The molecule has 0 aliphatic carbocycles. The monoisotopic (exact) mass is 304 g/mol. The van der Waals surface area contributed by atoms with Gasteiger partial charge in [0.25, 0.3) is 0 Å². The maximum atomic E-state index is 9.06. The Morgan fingerprint density at radius 2 is 1.33 bits per heavy atom. The largest absolute Gasteiger partial charge is 0.392 e. The molecule has 0 heterocycles. The second kappa shape index (κ2) is 9.64. The molecule has 0 saturated heterocycles. The molecule has 1 rings (SSSR count). The topological polar surface area (TPSA) is 20.2 Å². The highest BCUT2D eigenvalue weighted by molar-refractivity contribution is 8.34. The lowest BCUT2D eigenvalue weighted by atomic mass is 10.1. The van der Waals surface area contributed by atoms with Crippen LogP contribution in [0, 0.1) is 0 Å². The Morgan fingerprint density at radius 3 is 1.76 bits per heavy atom. The van der Waals surface area contributed by atoms with Gasteiger partial charge in [-0.2, -0.15) is 0 Å². The summed E-state index contributed by atoms with van der Waals surface area (Å²) in [5, 5.41) is 9.06. The molecule has 1 aromatic carbocycles. The standard InChI is InChI=1S/C19H28OS/c1-4-13-21(14-5-2,15-6-3)16-7-8-18-9-11-19(17-20)12-10-18/h4-6,9-12,20H,1-3,7-8,13-17H2. The third-order valence-electron chi connectivity index (χ3n) is 3.66. The molecule has 1 nitrogen and oxygen atoms in total. The SMILES string of the molecule is C=CCS(CC=C)(CC=C)CCCc1ccc(CO)cc1. The molecule has 0 unspecified atom stereocenters. The van der Waals surface area contributed by atoms with Gasteiger partial charge in [-0.1, -0.05) is 42.5 Å². The van der Waals surface area contributed by atoms with E-state index in [-0.39, 0.29) is 6.61 Å². The molecular weight excluding hydrogens is 276 g/mol. The first-order valence-electron chi connectivity index (χ1n) is 7.45. The number of aliphatic hydroxyl groups is 1. The number of rotatable bonds is 11. The Kier molecular flexibility index (Phi) is 8.17. The molecule has 0 amide bonds. The first kappa shape index (κ1) is 17.8. The molecule has 0 radical (unpaired) electrons. The fourth-order valence-corrected chi connectivity index (χ4v) is 5.76. The van der Waals surface area contributed by atoms with E-state index in [9.17, 15) is 0 Å². The van der Waals surface area contributed by atoms with Crippen molar-refractivity contribution in [2.24, 2.45) is 0 Å². The van der Waals surface area contributed by atoms with E-state index in [4.69, 9.17) is 5.11 Å². The highest BCUT2D eigenvalue weighted by Crippen LogP contribution is 2.48. The van der Waals surface area contributed by atoms with Gasteiger partial charge < -0.3 is 5.11 Å². The smallest absolute Gasteiger partial charge is 0.0681 e. The van der Waals surface area contributed by atoms with E-state index in [0.29, 0.717) is 0 Å². The third-order valence-corrected chi connectivity index (χ3v) is 7.65. The Bertz CT molecular complexity index is 421. The van der Waals surface area contributed by atoms with Gasteiger partial charge in [-0.15, -0.1) is 19.7 Å². The Morgan fingerprint density at radius 1 is 0.857 bits per heavy atom. The summed E-state index contributed by atoms with van der Waals surface area (Å²) >= 11 is 0. The van der Waals surface area contributed by atoms with E-state index in [1.807, 2.05) is 12.1 Å². The normalized spacial score (nSPS) is 11.9. The average Bonchev–Trinajstić information content (AvgIpc) is 2.49. The molecule has 2 heteroatoms. The van der Waals surface area contributed by atoms with Gasteiger partial charge in [0.2, 0.25) is 0 Å². The van der Waals surface area contributed by atoms with Crippen molar-refractivity contribution in [1.29, 1.82) is 0 Å². The lowest BCUT2D eigenvalue weighted by molar-refractivity contribution is 0.282. The number of hydrogen-bond acceptors (Lipinski definition) is 1. The molecular formula is C19H28OS. The second-order valence-corrected chi connectivity index (χ2v) is 9.23. The molecule has 1 N–H and O–H groups in total. The van der Waals surface area contributed by atoms with Crippen LogP contribution in [0.15, 0.2) is 62.2 Å². The van der Waals surface area contributed by atoms with Crippen LogP contribution in [0.25, 0.3) is 0 Å². The van der Waals surface area contributed by atoms with Gasteiger partial charge in [0.1, 0.15) is 0 Å². The zero-order chi connectivity index (χ0) is 15.6. The van der Waals surface area contributed by atoms with E-state index >= 15 is 0 Å². The van der Waals surface area contributed by atoms with E-state index in [2.05, 4.69) is 50.1 Å². The maximum Gasteiger partial charge on any atom is 0.0681 e. The van der Waals surface area contributed by atoms with Crippen molar-refractivity contribution in [3.05, 3.63) is 73.4 Å². The Labute approximate surface area is 131 Å². The quantitative estimate of drug-likeness (QED) is 0.598. The van der Waals surface area contributed by atoms with Crippen LogP contribution in [0.1, 0.15) is 17.5 Å². The first-order chi connectivity index (χ1) is 10.2. The van der Waals surface area contributed by atoms with Gasteiger partial charge in [0.05, 0.1) is 6.61 Å². The third kappa shape index (κ3) is 5.94. The number of aryl methyl sites for hydroxylation is 1. The van der Waals surface area contributed by atoms with Crippen LogP contribution in [0.2, 0.25) is 0 Å². The van der Waals surface area contributed by atoms with Gasteiger partial charge in [-0.3, -0.25) is 0 Å². The molecule has 0 atom stereocenters. The van der Waals surface area contributed by atoms with Crippen molar-refractivity contribution in [2.45, 2.75) is 19.4 Å². The van der Waals surface area contributed by atoms with Crippen molar-refractivity contribution in [3.63, 3.8) is 0 Å². The molecule has 0 fully saturated rings. The van der Waals surface area contributed by atoms with Crippen molar-refractivity contribution in [2.75, 3.05) is 23.0 Å². The van der Waals surface area contributed by atoms with Crippen LogP contribution in [0.4, 0.5) is 0 Å². The minimum Gasteiger partial charge on any atom is -0.392 e. The fraction of sp³-hybridized carbons (Fsp3) is 0.368. The molecule has 0 aromatic heterocycles. The van der Waals surface area contributed by atoms with E-state index in [0.717, 1.165) is 29.2 Å². The summed E-state index contributed by atoms with van der Waals surface area (Å²) < 4.78 is 0. The van der Waals surface area contributed by atoms with Gasteiger partial charge in [-0.05, 0) is 47.0 Å². The predicted molar refractivity (Wildman–Crippen MR) is 98.3 cm³/mol. The van der Waals surface area contributed by atoms with Crippen LogP contribution in [-0.4, -0.2) is 28.1 Å². The molecule has 116 valence electrons. The van der Waals surface area contributed by atoms with Gasteiger partial charge in [-0.25, -0.2) is 10.0 Å². The van der Waals surface area contributed by atoms with Crippen LogP contribution in [0.3, 0.4) is 0 Å². The molecule has 0 aliphatic heterocycles. The molecule has 0 bridgehead atoms. The van der Waals surface area contributed by atoms with Crippen LogP contribution in [0.5, 0.6) is 0 Å². The lowest BCUT2D eigenvalue weighted by Crippen LogP contribution is -2.15. The molecule has 0 aliphatic rings. The average molecular weight is 304 g/mol. The molecule has 0 saturated carbocycles. The summed E-state index contributed by atoms with van der Waals surface area (Å²) in [4.78, 5) is 0. The van der Waals surface area contributed by atoms with Gasteiger partial charge in [0, 0.05) is 0 Å². The summed E-state index contributed by atoms with van der Waals surface area (Å²) in [5.41, 5.74) is 2.32. The molecule has 21 heavy (non-hydrogen) atoms. The summed E-state index contributed by atoms with van der Waals surface area (Å²) in [6.07, 6.45) is 8.43. The van der Waals surface area contributed by atoms with Crippen LogP contribution >= 0.6 is 10.0 Å². The second-order valence-electron chi connectivity index (χ2n) is 5.37. The number of aliphatic hydroxyl groups excluding tert-OH is 1. The zero-order valence-corrected chi connectivity index (χ0v) is 13.8. The summed E-state index contributed by atoms with van der Waals surface area (Å²) in [6, 6.07) is 8.26. The van der Waals surface area contributed by atoms with Gasteiger partial charge >= 0.3 is 0 Å². The van der Waals surface area contributed by atoms with E-state index < -0.39 is 10.0 Å². The Balaban J connectivity index is 2.60. The predicted octanol–water partition coefficient (Wildman–Crippen LogP) is 4.47. The van der Waals surface area contributed by atoms with Crippen molar-refractivity contribution >= 4 is 10.0 Å². The highest BCUT2D eigenvalue weighted by Gasteiger charge is 2.19. The lowest BCUT2D eigenvalue weighted by Gasteiger charge is -2.38. The van der Waals surface area contributed by atoms with Crippen molar-refractivity contribution in [1.82, 2.24) is 0 Å². The summed E-state index contributed by atoms with van der Waals surface area (Å²) in [7, 11) is -0.724.